The minimum Gasteiger partial charge on any atom is -0.357 e. The van der Waals surface area contributed by atoms with E-state index < -0.39 is 0 Å². The second kappa shape index (κ2) is 10.6. The zero-order valence-electron chi connectivity index (χ0n) is 20.0. The fourth-order valence-corrected chi connectivity index (χ4v) is 6.00. The van der Waals surface area contributed by atoms with Crippen LogP contribution in [0.5, 0.6) is 0 Å². The number of benzene rings is 1. The maximum absolute atomic E-state index is 13.4. The van der Waals surface area contributed by atoms with Crippen LogP contribution >= 0.6 is 35.6 Å². The van der Waals surface area contributed by atoms with E-state index in [2.05, 4.69) is 17.9 Å². The summed E-state index contributed by atoms with van der Waals surface area (Å²) in [5, 5.41) is 10.3. The average Bonchev–Trinajstić information content (AvgIpc) is 3.10. The standard InChI is InChI=1S/C26H27ClN4O2S2/c1-4-30-23(29-11-9-16(2)10-12-29)19(17(3)20(14-28)24(30)32)13-22-25(33)31(26(34)35-22)15-18-7-5-6-8-21(18)27/h5-8,13,16H,4,9-12,15H2,1-3H3/b22-13-. The normalized spacial score (nSPS) is 18.0. The van der Waals surface area contributed by atoms with Crippen LogP contribution in [-0.4, -0.2) is 32.8 Å². The number of piperidine rings is 1. The van der Waals surface area contributed by atoms with Gasteiger partial charge in [0.05, 0.1) is 11.4 Å². The molecule has 2 aliphatic rings. The van der Waals surface area contributed by atoms with Crippen molar-refractivity contribution in [1.82, 2.24) is 9.47 Å². The lowest BCUT2D eigenvalue weighted by molar-refractivity contribution is -0.122. The fourth-order valence-electron chi connectivity index (χ4n) is 4.56. The first-order valence-corrected chi connectivity index (χ1v) is 13.3. The summed E-state index contributed by atoms with van der Waals surface area (Å²) in [6.45, 7) is 8.28. The molecule has 4 rings (SSSR count). The number of anilines is 1. The van der Waals surface area contributed by atoms with Crippen molar-refractivity contribution in [3.8, 4) is 6.07 Å². The summed E-state index contributed by atoms with van der Waals surface area (Å²) in [6.07, 6.45) is 3.85. The van der Waals surface area contributed by atoms with Gasteiger partial charge in [-0.05, 0) is 55.9 Å². The number of rotatable bonds is 5. The largest absolute Gasteiger partial charge is 0.357 e. The van der Waals surface area contributed by atoms with Gasteiger partial charge in [0.1, 0.15) is 21.8 Å². The third kappa shape index (κ3) is 4.90. The predicted octanol–water partition coefficient (Wildman–Crippen LogP) is 5.34. The average molecular weight is 527 g/mol. The first-order valence-electron chi connectivity index (χ1n) is 11.7. The molecule has 2 aliphatic heterocycles. The molecule has 0 unspecified atom stereocenters. The van der Waals surface area contributed by atoms with Crippen LogP contribution in [0.25, 0.3) is 6.08 Å². The molecule has 0 N–H and O–H groups in total. The molecule has 35 heavy (non-hydrogen) atoms. The zero-order chi connectivity index (χ0) is 25.3. The van der Waals surface area contributed by atoms with E-state index in [0.29, 0.717) is 32.3 Å². The minimum absolute atomic E-state index is 0.110. The van der Waals surface area contributed by atoms with Crippen molar-refractivity contribution in [2.45, 2.75) is 46.7 Å². The lowest BCUT2D eigenvalue weighted by Crippen LogP contribution is -2.39. The summed E-state index contributed by atoms with van der Waals surface area (Å²) in [4.78, 5) is 30.8. The van der Waals surface area contributed by atoms with E-state index in [1.54, 1.807) is 28.5 Å². The van der Waals surface area contributed by atoms with E-state index in [1.165, 1.54) is 11.8 Å². The summed E-state index contributed by atoms with van der Waals surface area (Å²) in [5.74, 6) is 1.19. The topological polar surface area (TPSA) is 69.3 Å². The van der Waals surface area contributed by atoms with Crippen molar-refractivity contribution >= 4 is 57.7 Å². The number of hydrogen-bond donors (Lipinski definition) is 0. The second-order valence-corrected chi connectivity index (χ2v) is 11.0. The summed E-state index contributed by atoms with van der Waals surface area (Å²) in [6, 6.07) is 9.47. The predicted molar refractivity (Wildman–Crippen MR) is 147 cm³/mol. The Bertz CT molecular complexity index is 1320. The second-order valence-electron chi connectivity index (χ2n) is 8.93. The highest BCUT2D eigenvalue weighted by molar-refractivity contribution is 8.26. The van der Waals surface area contributed by atoms with E-state index >= 15 is 0 Å². The molecule has 3 heterocycles. The summed E-state index contributed by atoms with van der Waals surface area (Å²) in [5.41, 5.74) is 1.96. The molecule has 1 aromatic carbocycles. The van der Waals surface area contributed by atoms with Crippen LogP contribution in [-0.2, 0) is 17.9 Å². The molecule has 0 bridgehead atoms. The highest BCUT2D eigenvalue weighted by atomic mass is 35.5. The monoisotopic (exact) mass is 526 g/mol. The third-order valence-electron chi connectivity index (χ3n) is 6.68. The molecule has 0 radical (unpaired) electrons. The Hall–Kier alpha value is -2.60. The number of carbonyl (C=O) groups excluding carboxylic acids is 1. The molecular weight excluding hydrogens is 500 g/mol. The van der Waals surface area contributed by atoms with Gasteiger partial charge in [0, 0.05) is 30.2 Å². The van der Waals surface area contributed by atoms with Crippen LogP contribution < -0.4 is 10.5 Å². The molecule has 1 amide bonds. The molecule has 9 heteroatoms. The molecule has 0 saturated carbocycles. The summed E-state index contributed by atoms with van der Waals surface area (Å²) in [7, 11) is 0. The zero-order valence-corrected chi connectivity index (χ0v) is 22.4. The Labute approximate surface area is 220 Å². The molecular formula is C26H27ClN4O2S2. The number of halogens is 1. The highest BCUT2D eigenvalue weighted by Gasteiger charge is 2.34. The van der Waals surface area contributed by atoms with Gasteiger partial charge in [-0.1, -0.05) is 60.7 Å². The van der Waals surface area contributed by atoms with Gasteiger partial charge in [-0.15, -0.1) is 0 Å². The highest BCUT2D eigenvalue weighted by Crippen LogP contribution is 2.37. The maximum atomic E-state index is 13.4. The van der Waals surface area contributed by atoms with Crippen molar-refractivity contribution in [3.63, 3.8) is 0 Å². The maximum Gasteiger partial charge on any atom is 0.270 e. The minimum atomic E-state index is -0.287. The van der Waals surface area contributed by atoms with Crippen LogP contribution in [0.1, 0.15) is 48.9 Å². The van der Waals surface area contributed by atoms with Crippen LogP contribution in [0.3, 0.4) is 0 Å². The first kappa shape index (κ1) is 25.5. The Morgan fingerprint density at radius 2 is 1.94 bits per heavy atom. The van der Waals surface area contributed by atoms with E-state index in [4.69, 9.17) is 23.8 Å². The Morgan fingerprint density at radius 3 is 2.57 bits per heavy atom. The van der Waals surface area contributed by atoms with Crippen LogP contribution in [0, 0.1) is 24.2 Å². The van der Waals surface area contributed by atoms with E-state index in [9.17, 15) is 14.9 Å². The van der Waals surface area contributed by atoms with Crippen LogP contribution in [0.4, 0.5) is 5.82 Å². The molecule has 2 fully saturated rings. The molecule has 182 valence electrons. The third-order valence-corrected chi connectivity index (χ3v) is 8.43. The van der Waals surface area contributed by atoms with Crippen molar-refractivity contribution in [1.29, 1.82) is 5.26 Å². The molecule has 0 spiro atoms. The Morgan fingerprint density at radius 1 is 1.26 bits per heavy atom. The smallest absolute Gasteiger partial charge is 0.270 e. The number of nitriles is 1. The fraction of sp³-hybridized carbons (Fsp3) is 0.385. The van der Waals surface area contributed by atoms with Gasteiger partial charge in [-0.2, -0.15) is 5.26 Å². The van der Waals surface area contributed by atoms with Crippen molar-refractivity contribution in [2.75, 3.05) is 18.0 Å². The van der Waals surface area contributed by atoms with Gasteiger partial charge in [0.2, 0.25) is 0 Å². The Kier molecular flexibility index (Phi) is 7.70. The number of thioether (sulfide) groups is 1. The number of aromatic nitrogens is 1. The summed E-state index contributed by atoms with van der Waals surface area (Å²) < 4.78 is 2.12. The SMILES string of the molecule is CCn1c(N2CCC(C)CC2)c(/C=C2\SC(=S)N(Cc3ccccc3Cl)C2=O)c(C)c(C#N)c1=O. The quantitative estimate of drug-likeness (QED) is 0.387. The number of amides is 1. The van der Waals surface area contributed by atoms with Gasteiger partial charge in [-0.3, -0.25) is 19.1 Å². The lowest BCUT2D eigenvalue weighted by atomic mass is 9.97. The lowest BCUT2D eigenvalue weighted by Gasteiger charge is -2.35. The number of carbonyl (C=O) groups is 1. The van der Waals surface area contributed by atoms with Crippen LogP contribution in [0.2, 0.25) is 5.02 Å². The first-order chi connectivity index (χ1) is 16.8. The van der Waals surface area contributed by atoms with Gasteiger partial charge in [-0.25, -0.2) is 0 Å². The molecule has 0 atom stereocenters. The van der Waals surface area contributed by atoms with E-state index in [-0.39, 0.29) is 23.6 Å². The molecule has 2 aromatic rings. The van der Waals surface area contributed by atoms with Gasteiger partial charge in [0.25, 0.3) is 11.5 Å². The number of hydrogen-bond acceptors (Lipinski definition) is 6. The van der Waals surface area contributed by atoms with Crippen molar-refractivity contribution in [3.05, 3.63) is 66.8 Å². The molecule has 2 saturated heterocycles. The summed E-state index contributed by atoms with van der Waals surface area (Å²) >= 11 is 13.1. The van der Waals surface area contributed by atoms with Crippen LogP contribution in [0.15, 0.2) is 34.0 Å². The Balaban J connectivity index is 1.80. The van der Waals surface area contributed by atoms with Gasteiger partial charge in [0.15, 0.2) is 0 Å². The van der Waals surface area contributed by atoms with Gasteiger partial charge >= 0.3 is 0 Å². The number of nitrogens with zero attached hydrogens (tertiary/aromatic N) is 4. The van der Waals surface area contributed by atoms with Crippen molar-refractivity contribution in [2.24, 2.45) is 5.92 Å². The van der Waals surface area contributed by atoms with Crippen molar-refractivity contribution < 1.29 is 4.79 Å². The van der Waals surface area contributed by atoms with Gasteiger partial charge < -0.3 is 4.90 Å². The molecule has 6 nitrogen and oxygen atoms in total. The molecule has 0 aliphatic carbocycles. The van der Waals surface area contributed by atoms with E-state index in [0.717, 1.165) is 42.9 Å². The number of pyridine rings is 1. The molecule has 1 aromatic heterocycles. The number of thiocarbonyl (C=S) groups is 1. The van der Waals surface area contributed by atoms with E-state index in [1.807, 2.05) is 25.1 Å².